The lowest BCUT2D eigenvalue weighted by Crippen LogP contribution is -2.18. The van der Waals surface area contributed by atoms with E-state index in [0.29, 0.717) is 5.95 Å². The highest BCUT2D eigenvalue weighted by Gasteiger charge is 2.18. The fourth-order valence-corrected chi connectivity index (χ4v) is 4.02. The zero-order chi connectivity index (χ0) is 21.2. The van der Waals surface area contributed by atoms with Crippen molar-refractivity contribution in [1.82, 2.24) is 14.4 Å². The van der Waals surface area contributed by atoms with Crippen LogP contribution in [0.5, 0.6) is 11.5 Å². The summed E-state index contributed by atoms with van der Waals surface area (Å²) in [6.45, 7) is 2.15. The van der Waals surface area contributed by atoms with Gasteiger partial charge in [-0.3, -0.25) is 4.40 Å². The first-order valence-electron chi connectivity index (χ1n) is 10.4. The Morgan fingerprint density at radius 1 is 0.935 bits per heavy atom. The molecule has 3 heterocycles. The second kappa shape index (κ2) is 8.18. The molecule has 7 heteroatoms. The van der Waals surface area contributed by atoms with E-state index in [9.17, 15) is 0 Å². The smallest absolute Gasteiger partial charge is 0.213 e. The number of nitrogens with one attached hydrogen (secondary N) is 1. The van der Waals surface area contributed by atoms with Gasteiger partial charge in [-0.2, -0.15) is 0 Å². The van der Waals surface area contributed by atoms with Gasteiger partial charge in [0.25, 0.3) is 0 Å². The van der Waals surface area contributed by atoms with Crippen LogP contribution in [0, 0.1) is 0 Å². The van der Waals surface area contributed by atoms with Gasteiger partial charge in [0.05, 0.1) is 25.6 Å². The predicted molar refractivity (Wildman–Crippen MR) is 123 cm³/mol. The molecule has 0 aliphatic carbocycles. The van der Waals surface area contributed by atoms with Gasteiger partial charge >= 0.3 is 0 Å². The Morgan fingerprint density at radius 3 is 2.48 bits per heavy atom. The Bertz CT molecular complexity index is 1200. The standard InChI is InChI=1S/C24H25N5O2/c1-30-19-8-6-18(7-9-19)26-24-27-20(16-23-25-11-14-29(23)24)17-5-10-21(22(15-17)31-2)28-12-3-4-13-28/h5-11,14-16H,3-4,12-13H2,1-2H3,(H,26,27). The average molecular weight is 415 g/mol. The molecular weight excluding hydrogens is 390 g/mol. The molecule has 31 heavy (non-hydrogen) atoms. The normalized spacial score (nSPS) is 13.5. The summed E-state index contributed by atoms with van der Waals surface area (Å²) in [4.78, 5) is 11.8. The maximum atomic E-state index is 5.72. The van der Waals surface area contributed by atoms with Crippen molar-refractivity contribution in [2.45, 2.75) is 12.8 Å². The highest BCUT2D eigenvalue weighted by atomic mass is 16.5. The van der Waals surface area contributed by atoms with Crippen LogP contribution >= 0.6 is 0 Å². The number of ether oxygens (including phenoxy) is 2. The van der Waals surface area contributed by atoms with E-state index in [4.69, 9.17) is 14.5 Å². The molecule has 0 atom stereocenters. The highest BCUT2D eigenvalue weighted by molar-refractivity contribution is 5.73. The molecule has 7 nitrogen and oxygen atoms in total. The Kier molecular flexibility index (Phi) is 5.08. The summed E-state index contributed by atoms with van der Waals surface area (Å²) in [5.74, 6) is 2.37. The first-order valence-corrected chi connectivity index (χ1v) is 10.4. The van der Waals surface area contributed by atoms with Crippen molar-refractivity contribution in [2.24, 2.45) is 0 Å². The van der Waals surface area contributed by atoms with Crippen LogP contribution in [0.15, 0.2) is 60.9 Å². The molecular formula is C24H25N5O2. The Hall–Kier alpha value is -3.74. The first-order chi connectivity index (χ1) is 15.2. The molecule has 1 aliphatic rings. The van der Waals surface area contributed by atoms with E-state index in [1.165, 1.54) is 12.8 Å². The van der Waals surface area contributed by atoms with Gasteiger partial charge in [-0.1, -0.05) is 6.07 Å². The van der Waals surface area contributed by atoms with Crippen LogP contribution in [-0.2, 0) is 0 Å². The minimum atomic E-state index is 0.692. The number of nitrogens with zero attached hydrogens (tertiary/aromatic N) is 4. The maximum absolute atomic E-state index is 5.72. The molecule has 1 saturated heterocycles. The van der Waals surface area contributed by atoms with Gasteiger partial charge in [0.2, 0.25) is 5.95 Å². The van der Waals surface area contributed by atoms with E-state index in [1.807, 2.05) is 40.9 Å². The molecule has 0 bridgehead atoms. The molecule has 0 radical (unpaired) electrons. The molecule has 1 aliphatic heterocycles. The highest BCUT2D eigenvalue weighted by Crippen LogP contribution is 2.35. The van der Waals surface area contributed by atoms with Crippen molar-refractivity contribution < 1.29 is 9.47 Å². The van der Waals surface area contributed by atoms with E-state index in [0.717, 1.165) is 52.9 Å². The van der Waals surface area contributed by atoms with Crippen molar-refractivity contribution in [3.05, 3.63) is 60.9 Å². The van der Waals surface area contributed by atoms with Gasteiger partial charge in [0.1, 0.15) is 17.1 Å². The van der Waals surface area contributed by atoms with Gasteiger partial charge in [0.15, 0.2) is 0 Å². The summed E-state index contributed by atoms with van der Waals surface area (Å²) >= 11 is 0. The van der Waals surface area contributed by atoms with Crippen molar-refractivity contribution in [1.29, 1.82) is 0 Å². The van der Waals surface area contributed by atoms with E-state index in [-0.39, 0.29) is 0 Å². The number of hydrogen-bond donors (Lipinski definition) is 1. The fraction of sp³-hybridized carbons (Fsp3) is 0.250. The molecule has 4 aromatic rings. The van der Waals surface area contributed by atoms with E-state index in [2.05, 4.69) is 33.4 Å². The maximum Gasteiger partial charge on any atom is 0.213 e. The van der Waals surface area contributed by atoms with E-state index in [1.54, 1.807) is 20.4 Å². The fourth-order valence-electron chi connectivity index (χ4n) is 4.02. The lowest BCUT2D eigenvalue weighted by molar-refractivity contribution is 0.415. The number of imidazole rings is 1. The van der Waals surface area contributed by atoms with Crippen LogP contribution in [-0.4, -0.2) is 41.7 Å². The van der Waals surface area contributed by atoms with Crippen LogP contribution in [0.1, 0.15) is 12.8 Å². The molecule has 0 saturated carbocycles. The third-order valence-corrected chi connectivity index (χ3v) is 5.66. The summed E-state index contributed by atoms with van der Waals surface area (Å²) < 4.78 is 12.9. The summed E-state index contributed by atoms with van der Waals surface area (Å²) in [7, 11) is 3.38. The minimum absolute atomic E-state index is 0.692. The van der Waals surface area contributed by atoms with E-state index >= 15 is 0 Å². The molecule has 0 amide bonds. The number of hydrogen-bond acceptors (Lipinski definition) is 6. The summed E-state index contributed by atoms with van der Waals surface area (Å²) in [6, 6.07) is 16.0. The first kappa shape index (κ1) is 19.2. The van der Waals surface area contributed by atoms with Crippen LogP contribution < -0.4 is 19.7 Å². The van der Waals surface area contributed by atoms with Gasteiger partial charge in [-0.05, 0) is 49.2 Å². The quantitative estimate of drug-likeness (QED) is 0.490. The Labute approximate surface area is 181 Å². The van der Waals surface area contributed by atoms with Crippen LogP contribution in [0.3, 0.4) is 0 Å². The third kappa shape index (κ3) is 3.74. The molecule has 2 aromatic carbocycles. The van der Waals surface area contributed by atoms with Gasteiger partial charge in [-0.25, -0.2) is 9.97 Å². The monoisotopic (exact) mass is 415 g/mol. The molecule has 1 fully saturated rings. The van der Waals surface area contributed by atoms with Crippen LogP contribution in [0.2, 0.25) is 0 Å². The van der Waals surface area contributed by atoms with Crippen molar-refractivity contribution in [3.8, 4) is 22.8 Å². The van der Waals surface area contributed by atoms with Crippen LogP contribution in [0.25, 0.3) is 16.9 Å². The zero-order valence-electron chi connectivity index (χ0n) is 17.7. The van der Waals surface area contributed by atoms with E-state index < -0.39 is 0 Å². The number of methoxy groups -OCH3 is 2. The zero-order valence-corrected chi connectivity index (χ0v) is 17.7. The molecule has 158 valence electrons. The average Bonchev–Trinajstić information content (AvgIpc) is 3.51. The largest absolute Gasteiger partial charge is 0.497 e. The second-order valence-corrected chi connectivity index (χ2v) is 7.55. The summed E-state index contributed by atoms with van der Waals surface area (Å²) in [5.41, 5.74) is 4.71. The summed E-state index contributed by atoms with van der Waals surface area (Å²) in [5, 5.41) is 3.40. The van der Waals surface area contributed by atoms with Crippen LogP contribution in [0.4, 0.5) is 17.3 Å². The van der Waals surface area contributed by atoms with Gasteiger partial charge in [-0.15, -0.1) is 0 Å². The SMILES string of the molecule is COc1ccc(Nc2nc(-c3ccc(N4CCCC4)c(OC)c3)cc3nccn23)cc1. The van der Waals surface area contributed by atoms with Gasteiger partial charge in [0, 0.05) is 42.8 Å². The van der Waals surface area contributed by atoms with Crippen molar-refractivity contribution in [3.63, 3.8) is 0 Å². The number of benzene rings is 2. The number of anilines is 3. The topological polar surface area (TPSA) is 63.9 Å². The summed E-state index contributed by atoms with van der Waals surface area (Å²) in [6.07, 6.45) is 6.12. The number of rotatable bonds is 6. The van der Waals surface area contributed by atoms with Crippen molar-refractivity contribution in [2.75, 3.05) is 37.5 Å². The lowest BCUT2D eigenvalue weighted by atomic mass is 10.1. The molecule has 5 rings (SSSR count). The second-order valence-electron chi connectivity index (χ2n) is 7.55. The number of aromatic nitrogens is 3. The Morgan fingerprint density at radius 2 is 1.74 bits per heavy atom. The lowest BCUT2D eigenvalue weighted by Gasteiger charge is -2.21. The van der Waals surface area contributed by atoms with Crippen molar-refractivity contribution >= 4 is 23.0 Å². The number of fused-ring (bicyclic) bond motifs is 1. The molecule has 0 unspecified atom stereocenters. The predicted octanol–water partition coefficient (Wildman–Crippen LogP) is 4.76. The molecule has 0 spiro atoms. The molecule has 1 N–H and O–H groups in total. The Balaban J connectivity index is 1.52. The third-order valence-electron chi connectivity index (χ3n) is 5.66. The van der Waals surface area contributed by atoms with Gasteiger partial charge < -0.3 is 19.7 Å². The molecule has 2 aromatic heterocycles. The minimum Gasteiger partial charge on any atom is -0.497 e.